The van der Waals surface area contributed by atoms with Gasteiger partial charge in [0.25, 0.3) is 0 Å². The van der Waals surface area contributed by atoms with Gasteiger partial charge in [0.05, 0.1) is 24.5 Å². The number of ether oxygens (including phenoxy) is 1. The fourth-order valence-electron chi connectivity index (χ4n) is 3.41. The Morgan fingerprint density at radius 2 is 1.83 bits per heavy atom. The van der Waals surface area contributed by atoms with Crippen LogP contribution in [0.15, 0.2) is 53.4 Å². The molecule has 0 aliphatic carbocycles. The minimum atomic E-state index is -4.52. The number of amides is 1. The maximum atomic E-state index is 13.5. The van der Waals surface area contributed by atoms with Crippen molar-refractivity contribution in [3.05, 3.63) is 92.5 Å². The van der Waals surface area contributed by atoms with Crippen molar-refractivity contribution in [1.82, 2.24) is 5.32 Å². The molecule has 0 saturated carbocycles. The fraction of sp³-hybridized carbons (Fsp3) is 0.208. The van der Waals surface area contributed by atoms with Gasteiger partial charge >= 0.3 is 6.18 Å². The number of carbonyl (C=O) groups is 1. The van der Waals surface area contributed by atoms with E-state index in [1.54, 1.807) is 37.3 Å². The van der Waals surface area contributed by atoms with Gasteiger partial charge in [0.1, 0.15) is 5.50 Å². The van der Waals surface area contributed by atoms with Crippen molar-refractivity contribution in [3.63, 3.8) is 0 Å². The average Bonchev–Trinajstić information content (AvgIpc) is 3.16. The topological polar surface area (TPSA) is 50.4 Å². The van der Waals surface area contributed by atoms with Crippen LogP contribution in [0.25, 0.3) is 0 Å². The van der Waals surface area contributed by atoms with Crippen LogP contribution in [-0.2, 0) is 24.1 Å². The van der Waals surface area contributed by atoms with Crippen molar-refractivity contribution in [2.75, 3.05) is 5.32 Å². The molecular weight excluding hydrogens is 746 g/mol. The molecule has 0 bridgehead atoms. The number of carbonyl (C=O) groups excluding carboxylic acids is 1. The monoisotopic (exact) mass is 763 g/mol. The van der Waals surface area contributed by atoms with E-state index in [-0.39, 0.29) is 49.9 Å². The molecule has 1 atom stereocenters. The quantitative estimate of drug-likeness (QED) is 0.264. The first-order valence-electron chi connectivity index (χ1n) is 10.1. The van der Waals surface area contributed by atoms with E-state index in [0.717, 1.165) is 29.5 Å². The van der Waals surface area contributed by atoms with Crippen molar-refractivity contribution >= 4 is 46.6 Å². The molecule has 0 spiro atoms. The second kappa shape index (κ2) is 11.8. The third-order valence-corrected chi connectivity index (χ3v) is 6.46. The van der Waals surface area contributed by atoms with Crippen molar-refractivity contribution in [1.29, 1.82) is 0 Å². The molecule has 0 fully saturated rings. The Hall–Kier alpha value is -1.34. The molecule has 0 saturated heterocycles. The summed E-state index contributed by atoms with van der Waals surface area (Å²) in [4.78, 5) is 13.0. The van der Waals surface area contributed by atoms with E-state index in [0.29, 0.717) is 31.8 Å². The standard InChI is InChI=1S/C24H18Cl2F3N2O2S.U/c1-13-6-15(9-19(26)7-13)22(32)31-23-30-21-16(8-17(24(27,28)29)10-20(21)34-23)12-33-11-14-2-4-18(25)5-3-14;/h2-5,7-10,23,30H,11-12H2,1H3,(H,31,32);/q-1;. The van der Waals surface area contributed by atoms with E-state index in [1.807, 2.05) is 0 Å². The molecule has 3 aromatic rings. The van der Waals surface area contributed by atoms with Gasteiger partial charge in [0, 0.05) is 46.6 Å². The van der Waals surface area contributed by atoms with Gasteiger partial charge < -0.3 is 20.2 Å². The second-order valence-electron chi connectivity index (χ2n) is 7.64. The van der Waals surface area contributed by atoms with Crippen LogP contribution in [0, 0.1) is 44.1 Å². The number of benzene rings is 3. The molecule has 0 radical (unpaired) electrons. The summed E-state index contributed by atoms with van der Waals surface area (Å²) in [6.07, 6.45) is -4.52. The smallest absolute Gasteiger partial charge is 0.372 e. The Labute approximate surface area is 238 Å². The van der Waals surface area contributed by atoms with E-state index in [9.17, 15) is 18.0 Å². The summed E-state index contributed by atoms with van der Waals surface area (Å²) in [6.45, 7) is 1.92. The van der Waals surface area contributed by atoms with Crippen molar-refractivity contribution in [2.45, 2.75) is 36.7 Å². The molecule has 2 N–H and O–H groups in total. The molecule has 1 heterocycles. The molecule has 0 aromatic heterocycles. The van der Waals surface area contributed by atoms with Crippen LogP contribution in [0.1, 0.15) is 32.6 Å². The molecule has 4 rings (SSSR count). The van der Waals surface area contributed by atoms with Gasteiger partial charge in [-0.1, -0.05) is 48.0 Å². The van der Waals surface area contributed by atoms with Gasteiger partial charge in [-0.05, 0) is 34.9 Å². The molecule has 182 valence electrons. The van der Waals surface area contributed by atoms with E-state index < -0.39 is 23.1 Å². The SMILES string of the molecule is Cc1[c-]c(C(=O)NC2Nc3c(COCc4ccc(Cl)cc4)cc(C(F)(F)F)cc3S2)cc(Cl)c1.[U]. The maximum Gasteiger partial charge on any atom is 0.416 e. The van der Waals surface area contributed by atoms with Crippen LogP contribution in [0.2, 0.25) is 10.0 Å². The van der Waals surface area contributed by atoms with Crippen LogP contribution in [0.5, 0.6) is 0 Å². The Balaban J connectivity index is 0.00000342. The maximum absolute atomic E-state index is 13.5. The van der Waals surface area contributed by atoms with Gasteiger partial charge in [-0.3, -0.25) is 0 Å². The first-order valence-corrected chi connectivity index (χ1v) is 11.7. The number of thioether (sulfide) groups is 1. The van der Waals surface area contributed by atoms with Gasteiger partial charge in [-0.15, -0.1) is 35.4 Å². The summed E-state index contributed by atoms with van der Waals surface area (Å²) in [5.74, 6) is -0.444. The molecular formula is C24H18Cl2F3N2O2SU-. The molecule has 1 aliphatic heterocycles. The van der Waals surface area contributed by atoms with Crippen LogP contribution >= 0.6 is 35.0 Å². The predicted molar refractivity (Wildman–Crippen MR) is 127 cm³/mol. The van der Waals surface area contributed by atoms with E-state index >= 15 is 0 Å². The van der Waals surface area contributed by atoms with E-state index in [1.165, 1.54) is 6.07 Å². The van der Waals surface area contributed by atoms with Crippen molar-refractivity contribution < 1.29 is 53.8 Å². The minimum Gasteiger partial charge on any atom is -0.372 e. The molecule has 3 aromatic carbocycles. The average molecular weight is 764 g/mol. The molecule has 11 heteroatoms. The van der Waals surface area contributed by atoms with Crippen LogP contribution in [0.4, 0.5) is 18.9 Å². The Morgan fingerprint density at radius 3 is 2.49 bits per heavy atom. The fourth-order valence-corrected chi connectivity index (χ4v) is 4.91. The van der Waals surface area contributed by atoms with Gasteiger partial charge in [0.2, 0.25) is 0 Å². The number of anilines is 1. The number of nitrogens with one attached hydrogen (secondary N) is 2. The Morgan fingerprint density at radius 1 is 1.11 bits per heavy atom. The summed E-state index contributed by atoms with van der Waals surface area (Å²) < 4.78 is 46.2. The second-order valence-corrected chi connectivity index (χ2v) is 9.66. The number of fused-ring (bicyclic) bond motifs is 1. The van der Waals surface area contributed by atoms with Crippen LogP contribution in [-0.4, -0.2) is 11.4 Å². The Bertz CT molecular complexity index is 1210. The predicted octanol–water partition coefficient (Wildman–Crippen LogP) is 7.07. The molecule has 1 aliphatic rings. The van der Waals surface area contributed by atoms with Gasteiger partial charge in [-0.25, -0.2) is 0 Å². The molecule has 35 heavy (non-hydrogen) atoms. The summed E-state index contributed by atoms with van der Waals surface area (Å²) in [6, 6.07) is 15.2. The number of hydrogen-bond donors (Lipinski definition) is 2. The summed E-state index contributed by atoms with van der Waals surface area (Å²) in [7, 11) is 0. The third-order valence-electron chi connectivity index (χ3n) is 4.95. The number of alkyl halides is 3. The number of hydrogen-bond acceptors (Lipinski definition) is 4. The van der Waals surface area contributed by atoms with Gasteiger partial charge in [-0.2, -0.15) is 13.2 Å². The normalized spacial score (nSPS) is 14.6. The largest absolute Gasteiger partial charge is 0.416 e. The Kier molecular flexibility index (Phi) is 9.53. The van der Waals surface area contributed by atoms with Crippen LogP contribution in [0.3, 0.4) is 0 Å². The summed E-state index contributed by atoms with van der Waals surface area (Å²) in [5, 5.41) is 6.82. The van der Waals surface area contributed by atoms with Crippen molar-refractivity contribution in [3.8, 4) is 0 Å². The molecule has 1 unspecified atom stereocenters. The number of aryl methyl sites for hydroxylation is 1. The number of rotatable bonds is 6. The van der Waals surface area contributed by atoms with Gasteiger partial charge in [0.15, 0.2) is 5.91 Å². The first-order chi connectivity index (χ1) is 16.1. The van der Waals surface area contributed by atoms with Crippen molar-refractivity contribution in [2.24, 2.45) is 0 Å². The summed E-state index contributed by atoms with van der Waals surface area (Å²) in [5.41, 5.74) is 1.16. The number of halogens is 5. The zero-order valence-corrected chi connectivity index (χ0v) is 24.7. The van der Waals surface area contributed by atoms with Crippen LogP contribution < -0.4 is 10.6 Å². The molecule has 1 amide bonds. The van der Waals surface area contributed by atoms with E-state index in [4.69, 9.17) is 27.9 Å². The van der Waals surface area contributed by atoms with E-state index in [2.05, 4.69) is 16.7 Å². The minimum absolute atomic E-state index is 0. The third kappa shape index (κ3) is 7.34. The molecule has 4 nitrogen and oxygen atoms in total. The zero-order valence-electron chi connectivity index (χ0n) is 18.2. The first kappa shape index (κ1) is 28.2. The zero-order chi connectivity index (χ0) is 24.5. The summed E-state index contributed by atoms with van der Waals surface area (Å²) >= 11 is 13.0.